The molecular weight excluding hydrogens is 210 g/mol. The lowest BCUT2D eigenvalue weighted by Gasteiger charge is -2.08. The van der Waals surface area contributed by atoms with Crippen LogP contribution in [-0.4, -0.2) is 11.5 Å². The summed E-state index contributed by atoms with van der Waals surface area (Å²) in [6, 6.07) is 6.41. The quantitative estimate of drug-likeness (QED) is 0.843. The van der Waals surface area contributed by atoms with Crippen LogP contribution in [0.25, 0.3) is 10.9 Å². The number of aryl methyl sites for hydroxylation is 1. The maximum atomic E-state index is 9.08. The van der Waals surface area contributed by atoms with Crippen LogP contribution in [0.15, 0.2) is 18.3 Å². The van der Waals surface area contributed by atoms with Crippen LogP contribution in [-0.2, 0) is 0 Å². The van der Waals surface area contributed by atoms with Crippen molar-refractivity contribution in [3.8, 4) is 6.07 Å². The van der Waals surface area contributed by atoms with Crippen molar-refractivity contribution in [2.24, 2.45) is 5.92 Å². The lowest BCUT2D eigenvalue weighted by Crippen LogP contribution is -2.03. The molecule has 17 heavy (non-hydrogen) atoms. The normalized spacial score (nSPS) is 14.8. The number of fused-ring (bicyclic) bond motifs is 1. The standard InChI is InChI=1S/C14H15N3/c1-9-2-5-12(16-7-10-3-4-10)14-13(9)11(6-15)8-17-14/h2,5,8,10,16-17H,3-4,7H2,1H3. The Bertz CT molecular complexity index is 600. The van der Waals surface area contributed by atoms with E-state index in [0.717, 1.165) is 40.2 Å². The summed E-state index contributed by atoms with van der Waals surface area (Å²) in [4.78, 5) is 3.21. The third-order valence-electron chi connectivity index (χ3n) is 3.44. The maximum Gasteiger partial charge on any atom is 0.101 e. The first-order valence-electron chi connectivity index (χ1n) is 6.04. The van der Waals surface area contributed by atoms with Crippen molar-refractivity contribution in [3.63, 3.8) is 0 Å². The summed E-state index contributed by atoms with van der Waals surface area (Å²) < 4.78 is 0. The third kappa shape index (κ3) is 1.76. The third-order valence-corrected chi connectivity index (χ3v) is 3.44. The van der Waals surface area contributed by atoms with Crippen molar-refractivity contribution < 1.29 is 0 Å². The Morgan fingerprint density at radius 3 is 3.00 bits per heavy atom. The first-order valence-corrected chi connectivity index (χ1v) is 6.04. The Balaban J connectivity index is 2.03. The number of anilines is 1. The molecule has 1 heterocycles. The molecule has 1 aromatic carbocycles. The number of nitriles is 1. The number of benzene rings is 1. The Morgan fingerprint density at radius 1 is 1.47 bits per heavy atom. The van der Waals surface area contributed by atoms with Crippen LogP contribution < -0.4 is 5.32 Å². The molecule has 0 radical (unpaired) electrons. The number of hydrogen-bond donors (Lipinski definition) is 2. The highest BCUT2D eigenvalue weighted by Crippen LogP contribution is 2.32. The second-order valence-electron chi connectivity index (χ2n) is 4.82. The molecule has 2 aromatic rings. The van der Waals surface area contributed by atoms with Crippen molar-refractivity contribution in [1.82, 2.24) is 4.98 Å². The molecule has 3 heteroatoms. The van der Waals surface area contributed by atoms with Gasteiger partial charge in [-0.1, -0.05) is 6.07 Å². The molecule has 0 saturated heterocycles. The Hall–Kier alpha value is -1.95. The molecule has 0 bridgehead atoms. The first kappa shape index (κ1) is 10.2. The minimum atomic E-state index is 0.729. The van der Waals surface area contributed by atoms with E-state index in [-0.39, 0.29) is 0 Å². The van der Waals surface area contributed by atoms with Crippen molar-refractivity contribution in [1.29, 1.82) is 5.26 Å². The van der Waals surface area contributed by atoms with Crippen molar-refractivity contribution in [2.45, 2.75) is 19.8 Å². The summed E-state index contributed by atoms with van der Waals surface area (Å²) in [7, 11) is 0. The molecule has 1 aliphatic rings. The highest BCUT2D eigenvalue weighted by Gasteiger charge is 2.21. The number of H-pyrrole nitrogens is 1. The van der Waals surface area contributed by atoms with Gasteiger partial charge in [0.1, 0.15) is 6.07 Å². The molecule has 86 valence electrons. The van der Waals surface area contributed by atoms with E-state index in [1.165, 1.54) is 12.8 Å². The zero-order chi connectivity index (χ0) is 11.8. The van der Waals surface area contributed by atoms with Gasteiger partial charge in [-0.3, -0.25) is 0 Å². The lowest BCUT2D eigenvalue weighted by atomic mass is 10.1. The van der Waals surface area contributed by atoms with Gasteiger partial charge >= 0.3 is 0 Å². The van der Waals surface area contributed by atoms with E-state index in [2.05, 4.69) is 28.5 Å². The summed E-state index contributed by atoms with van der Waals surface area (Å²) in [5.41, 5.74) is 4.04. The number of aromatic nitrogens is 1. The number of hydrogen-bond acceptors (Lipinski definition) is 2. The molecule has 0 aliphatic heterocycles. The summed E-state index contributed by atoms with van der Waals surface area (Å²) in [6.45, 7) is 3.08. The molecule has 1 saturated carbocycles. The van der Waals surface area contributed by atoms with E-state index >= 15 is 0 Å². The van der Waals surface area contributed by atoms with Crippen LogP contribution in [0.2, 0.25) is 0 Å². The SMILES string of the molecule is Cc1ccc(NCC2CC2)c2[nH]cc(C#N)c12. The zero-order valence-corrected chi connectivity index (χ0v) is 9.88. The van der Waals surface area contributed by atoms with Gasteiger partial charge in [0, 0.05) is 18.1 Å². The zero-order valence-electron chi connectivity index (χ0n) is 9.88. The highest BCUT2D eigenvalue weighted by atomic mass is 14.9. The van der Waals surface area contributed by atoms with E-state index in [1.54, 1.807) is 6.20 Å². The van der Waals surface area contributed by atoms with Crippen LogP contribution in [0.1, 0.15) is 24.0 Å². The summed E-state index contributed by atoms with van der Waals surface area (Å²) in [6.07, 6.45) is 4.48. The Morgan fingerprint density at radius 2 is 2.29 bits per heavy atom. The highest BCUT2D eigenvalue weighted by molar-refractivity contribution is 5.97. The van der Waals surface area contributed by atoms with Crippen molar-refractivity contribution in [3.05, 3.63) is 29.5 Å². The van der Waals surface area contributed by atoms with Crippen LogP contribution in [0.3, 0.4) is 0 Å². The van der Waals surface area contributed by atoms with Gasteiger partial charge in [0.25, 0.3) is 0 Å². The van der Waals surface area contributed by atoms with E-state index in [0.29, 0.717) is 0 Å². The topological polar surface area (TPSA) is 51.6 Å². The second-order valence-corrected chi connectivity index (χ2v) is 4.82. The number of rotatable bonds is 3. The smallest absolute Gasteiger partial charge is 0.101 e. The van der Waals surface area contributed by atoms with Crippen LogP contribution in [0, 0.1) is 24.2 Å². The molecule has 0 atom stereocenters. The van der Waals surface area contributed by atoms with Crippen LogP contribution >= 0.6 is 0 Å². The molecular formula is C14H15N3. The van der Waals surface area contributed by atoms with E-state index in [9.17, 15) is 0 Å². The Labute approximate surface area is 100 Å². The summed E-state index contributed by atoms with van der Waals surface area (Å²) in [5.74, 6) is 0.844. The predicted octanol–water partition coefficient (Wildman–Crippen LogP) is 3.17. The van der Waals surface area contributed by atoms with Gasteiger partial charge in [-0.2, -0.15) is 5.26 Å². The minimum Gasteiger partial charge on any atom is -0.383 e. The van der Waals surface area contributed by atoms with Crippen LogP contribution in [0.4, 0.5) is 5.69 Å². The van der Waals surface area contributed by atoms with Gasteiger partial charge in [0.2, 0.25) is 0 Å². The molecule has 1 aromatic heterocycles. The van der Waals surface area contributed by atoms with Crippen molar-refractivity contribution in [2.75, 3.05) is 11.9 Å². The number of nitrogens with zero attached hydrogens (tertiary/aromatic N) is 1. The van der Waals surface area contributed by atoms with Gasteiger partial charge in [0.15, 0.2) is 0 Å². The summed E-state index contributed by atoms with van der Waals surface area (Å²) in [5, 5.41) is 13.6. The van der Waals surface area contributed by atoms with E-state index in [1.807, 2.05) is 6.92 Å². The molecule has 3 nitrogen and oxygen atoms in total. The van der Waals surface area contributed by atoms with Gasteiger partial charge in [-0.05, 0) is 37.3 Å². The average Bonchev–Trinajstić information content (AvgIpc) is 3.05. The van der Waals surface area contributed by atoms with E-state index in [4.69, 9.17) is 5.26 Å². The predicted molar refractivity (Wildman–Crippen MR) is 69.0 cm³/mol. The van der Waals surface area contributed by atoms with Gasteiger partial charge in [-0.15, -0.1) is 0 Å². The maximum absolute atomic E-state index is 9.08. The molecule has 2 N–H and O–H groups in total. The molecule has 0 unspecified atom stereocenters. The second kappa shape index (κ2) is 3.81. The molecule has 1 aliphatic carbocycles. The van der Waals surface area contributed by atoms with Gasteiger partial charge < -0.3 is 10.3 Å². The largest absolute Gasteiger partial charge is 0.383 e. The lowest BCUT2D eigenvalue weighted by molar-refractivity contribution is 0.890. The molecule has 1 fully saturated rings. The molecule has 0 amide bonds. The Kier molecular flexibility index (Phi) is 2.29. The number of nitrogens with one attached hydrogen (secondary N) is 2. The number of aromatic amines is 1. The minimum absolute atomic E-state index is 0.729. The van der Waals surface area contributed by atoms with Gasteiger partial charge in [0.05, 0.1) is 16.8 Å². The first-order chi connectivity index (χ1) is 8.29. The van der Waals surface area contributed by atoms with Crippen LogP contribution in [0.5, 0.6) is 0 Å². The molecule has 3 rings (SSSR count). The summed E-state index contributed by atoms with van der Waals surface area (Å²) >= 11 is 0. The average molecular weight is 225 g/mol. The van der Waals surface area contributed by atoms with Gasteiger partial charge in [-0.25, -0.2) is 0 Å². The molecule has 0 spiro atoms. The van der Waals surface area contributed by atoms with E-state index < -0.39 is 0 Å². The monoisotopic (exact) mass is 225 g/mol. The fourth-order valence-corrected chi connectivity index (χ4v) is 2.23. The fraction of sp³-hybridized carbons (Fsp3) is 0.357. The fourth-order valence-electron chi connectivity index (χ4n) is 2.23. The van der Waals surface area contributed by atoms with Crippen molar-refractivity contribution >= 4 is 16.6 Å².